The van der Waals surface area contributed by atoms with Crippen molar-refractivity contribution in [2.45, 2.75) is 19.8 Å². The molecule has 1 aromatic rings. The number of rotatable bonds is 1. The van der Waals surface area contributed by atoms with Gasteiger partial charge in [0.05, 0.1) is 0 Å². The maximum atomic E-state index is 4.40. The van der Waals surface area contributed by atoms with Crippen LogP contribution in [-0.2, 0) is 0 Å². The third kappa shape index (κ3) is 1.99. The molecule has 0 saturated carbocycles. The highest BCUT2D eigenvalue weighted by Gasteiger charge is 2.14. The average Bonchev–Trinajstić information content (AvgIpc) is 2.53. The lowest BCUT2D eigenvalue weighted by Gasteiger charge is -2.16. The molecule has 4 heteroatoms. The average molecular weight is 242 g/mol. The predicted octanol–water partition coefficient (Wildman–Crippen LogP) is 2.15. The molecule has 0 aliphatic carbocycles. The first-order chi connectivity index (χ1) is 6.25. The lowest BCUT2D eigenvalue weighted by atomic mass is 10.4. The van der Waals surface area contributed by atoms with Crippen molar-refractivity contribution in [2.24, 2.45) is 0 Å². The Kier molecular flexibility index (Phi) is 2.49. The Bertz CT molecular complexity index is 287. The summed E-state index contributed by atoms with van der Waals surface area (Å²) in [6.45, 7) is 4.18. The van der Waals surface area contributed by atoms with Gasteiger partial charge in [-0.15, -0.1) is 0 Å². The Hall–Kier alpha value is -0.640. The molecule has 3 nitrogen and oxygen atoms in total. The molecular weight excluding hydrogens is 230 g/mol. The summed E-state index contributed by atoms with van der Waals surface area (Å²) in [5.41, 5.74) is 0. The Morgan fingerprint density at radius 2 is 2.00 bits per heavy atom. The second kappa shape index (κ2) is 3.62. The van der Waals surface area contributed by atoms with Crippen LogP contribution in [0.3, 0.4) is 0 Å². The first-order valence-electron chi connectivity index (χ1n) is 4.52. The molecule has 0 spiro atoms. The van der Waals surface area contributed by atoms with E-state index in [0.717, 1.165) is 29.3 Å². The van der Waals surface area contributed by atoms with Crippen molar-refractivity contribution in [1.29, 1.82) is 0 Å². The molecule has 1 saturated heterocycles. The van der Waals surface area contributed by atoms with Gasteiger partial charge in [0.2, 0.25) is 0 Å². The van der Waals surface area contributed by atoms with Crippen LogP contribution in [-0.4, -0.2) is 23.1 Å². The van der Waals surface area contributed by atoms with E-state index in [-0.39, 0.29) is 0 Å². The summed E-state index contributed by atoms with van der Waals surface area (Å²) < 4.78 is 0.877. The second-order valence-corrected chi connectivity index (χ2v) is 4.10. The normalized spacial score (nSPS) is 16.6. The zero-order chi connectivity index (χ0) is 9.26. The van der Waals surface area contributed by atoms with Gasteiger partial charge in [0.25, 0.3) is 0 Å². The number of aryl methyl sites for hydroxylation is 1. The number of hydrogen-bond acceptors (Lipinski definition) is 3. The summed E-state index contributed by atoms with van der Waals surface area (Å²) in [7, 11) is 0. The fourth-order valence-corrected chi connectivity index (χ4v) is 2.09. The van der Waals surface area contributed by atoms with Crippen molar-refractivity contribution in [2.75, 3.05) is 18.0 Å². The minimum absolute atomic E-state index is 0.830. The molecule has 0 unspecified atom stereocenters. The van der Waals surface area contributed by atoms with Gasteiger partial charge in [0.1, 0.15) is 16.2 Å². The number of halogens is 1. The van der Waals surface area contributed by atoms with E-state index in [1.807, 2.05) is 13.0 Å². The largest absolute Gasteiger partial charge is 0.356 e. The summed E-state index contributed by atoms with van der Waals surface area (Å²) in [6.07, 6.45) is 2.56. The molecular formula is C9H12BrN3. The summed E-state index contributed by atoms with van der Waals surface area (Å²) in [5, 5.41) is 0. The zero-order valence-electron chi connectivity index (χ0n) is 7.63. The van der Waals surface area contributed by atoms with Crippen LogP contribution in [0.1, 0.15) is 18.7 Å². The van der Waals surface area contributed by atoms with Gasteiger partial charge in [-0.05, 0) is 35.7 Å². The molecule has 0 aromatic carbocycles. The van der Waals surface area contributed by atoms with Crippen molar-refractivity contribution >= 4 is 21.7 Å². The third-order valence-corrected chi connectivity index (χ3v) is 2.63. The number of aromatic nitrogens is 2. The highest BCUT2D eigenvalue weighted by atomic mass is 79.9. The quantitative estimate of drug-likeness (QED) is 0.706. The van der Waals surface area contributed by atoms with Crippen LogP contribution in [0, 0.1) is 6.92 Å². The van der Waals surface area contributed by atoms with E-state index in [4.69, 9.17) is 0 Å². The van der Waals surface area contributed by atoms with Gasteiger partial charge in [-0.3, -0.25) is 0 Å². The van der Waals surface area contributed by atoms with E-state index in [9.17, 15) is 0 Å². The van der Waals surface area contributed by atoms with E-state index in [2.05, 4.69) is 30.8 Å². The maximum Gasteiger partial charge on any atom is 0.133 e. The fraction of sp³-hybridized carbons (Fsp3) is 0.556. The Morgan fingerprint density at radius 1 is 1.31 bits per heavy atom. The Balaban J connectivity index is 2.28. The third-order valence-electron chi connectivity index (χ3n) is 2.22. The smallest absolute Gasteiger partial charge is 0.133 e. The van der Waals surface area contributed by atoms with E-state index in [1.54, 1.807) is 0 Å². The Labute approximate surface area is 86.3 Å². The molecule has 2 heterocycles. The predicted molar refractivity (Wildman–Crippen MR) is 55.9 cm³/mol. The van der Waals surface area contributed by atoms with Gasteiger partial charge in [-0.1, -0.05) is 0 Å². The van der Waals surface area contributed by atoms with E-state index in [1.165, 1.54) is 12.8 Å². The second-order valence-electron chi connectivity index (χ2n) is 3.29. The molecule has 2 rings (SSSR count). The summed E-state index contributed by atoms with van der Waals surface area (Å²) in [4.78, 5) is 10.9. The van der Waals surface area contributed by atoms with Crippen LogP contribution in [0.4, 0.5) is 5.82 Å². The van der Waals surface area contributed by atoms with Crippen LogP contribution in [0.2, 0.25) is 0 Å². The summed E-state index contributed by atoms with van der Waals surface area (Å²) in [5.74, 6) is 1.88. The van der Waals surface area contributed by atoms with Gasteiger partial charge in [-0.25, -0.2) is 9.97 Å². The van der Waals surface area contributed by atoms with Gasteiger partial charge in [0, 0.05) is 19.2 Å². The van der Waals surface area contributed by atoms with E-state index >= 15 is 0 Å². The van der Waals surface area contributed by atoms with Gasteiger partial charge in [-0.2, -0.15) is 0 Å². The van der Waals surface area contributed by atoms with E-state index in [0.29, 0.717) is 0 Å². The Morgan fingerprint density at radius 3 is 2.62 bits per heavy atom. The molecule has 0 atom stereocenters. The number of hydrogen-bond donors (Lipinski definition) is 0. The summed E-state index contributed by atoms with van der Waals surface area (Å²) >= 11 is 3.38. The molecule has 13 heavy (non-hydrogen) atoms. The molecule has 1 aromatic heterocycles. The molecule has 1 aliphatic heterocycles. The standard InChI is InChI=1S/C9H12BrN3/c1-7-11-8(10)6-9(12-7)13-4-2-3-5-13/h6H,2-5H2,1H3. The topological polar surface area (TPSA) is 29.0 Å². The number of nitrogens with zero attached hydrogens (tertiary/aromatic N) is 3. The monoisotopic (exact) mass is 241 g/mol. The SMILES string of the molecule is Cc1nc(Br)cc(N2CCCC2)n1. The molecule has 0 N–H and O–H groups in total. The lowest BCUT2D eigenvalue weighted by Crippen LogP contribution is -2.19. The fourth-order valence-electron chi connectivity index (χ4n) is 1.62. The van der Waals surface area contributed by atoms with Gasteiger partial charge >= 0.3 is 0 Å². The molecule has 1 fully saturated rings. The van der Waals surface area contributed by atoms with Crippen molar-refractivity contribution in [1.82, 2.24) is 9.97 Å². The van der Waals surface area contributed by atoms with Crippen LogP contribution >= 0.6 is 15.9 Å². The summed E-state index contributed by atoms with van der Waals surface area (Å²) in [6, 6.07) is 1.98. The van der Waals surface area contributed by atoms with Crippen molar-refractivity contribution in [3.8, 4) is 0 Å². The first-order valence-corrected chi connectivity index (χ1v) is 5.31. The van der Waals surface area contributed by atoms with Crippen LogP contribution in [0.5, 0.6) is 0 Å². The highest BCUT2D eigenvalue weighted by Crippen LogP contribution is 2.20. The van der Waals surface area contributed by atoms with Gasteiger partial charge in [0.15, 0.2) is 0 Å². The van der Waals surface area contributed by atoms with Gasteiger partial charge < -0.3 is 4.90 Å². The molecule has 70 valence electrons. The van der Waals surface area contributed by atoms with Crippen LogP contribution < -0.4 is 4.90 Å². The van der Waals surface area contributed by atoms with Crippen LogP contribution in [0.15, 0.2) is 10.7 Å². The number of anilines is 1. The maximum absolute atomic E-state index is 4.40. The minimum Gasteiger partial charge on any atom is -0.356 e. The molecule has 1 aliphatic rings. The minimum atomic E-state index is 0.830. The van der Waals surface area contributed by atoms with Crippen molar-refractivity contribution < 1.29 is 0 Å². The van der Waals surface area contributed by atoms with Crippen molar-refractivity contribution in [3.63, 3.8) is 0 Å². The molecule has 0 bridgehead atoms. The van der Waals surface area contributed by atoms with Crippen molar-refractivity contribution in [3.05, 3.63) is 16.5 Å². The zero-order valence-corrected chi connectivity index (χ0v) is 9.21. The lowest BCUT2D eigenvalue weighted by molar-refractivity contribution is 0.904. The molecule has 0 radical (unpaired) electrons. The molecule has 0 amide bonds. The first kappa shape index (κ1) is 8.94. The van der Waals surface area contributed by atoms with Crippen LogP contribution in [0.25, 0.3) is 0 Å². The highest BCUT2D eigenvalue weighted by molar-refractivity contribution is 9.10. The van der Waals surface area contributed by atoms with E-state index < -0.39 is 0 Å².